The number of halogens is 3. The standard InChI is InChI=1S/C19H18F3N7O2S/c20-19(21,22)12-8-15(18(30)27-13-2-5-24-16(9-13)32(23)31)17(25-10-12)28-7-3-14(11-28)29-6-1-4-26-29/h1-2,4-6,8-10,14H,3,7,11,23H2,(H,24,27,30). The van der Waals surface area contributed by atoms with Crippen LogP contribution in [0.4, 0.5) is 24.7 Å². The molecule has 13 heteroatoms. The molecule has 0 saturated carbocycles. The summed E-state index contributed by atoms with van der Waals surface area (Å²) in [6.07, 6.45) is 1.50. The summed E-state index contributed by atoms with van der Waals surface area (Å²) in [5, 5.41) is 12.0. The van der Waals surface area contributed by atoms with E-state index in [0.717, 1.165) is 12.3 Å². The van der Waals surface area contributed by atoms with Crippen LogP contribution in [0.1, 0.15) is 28.4 Å². The SMILES string of the molecule is NS(=O)c1cc(NC(=O)c2cc(C(F)(F)F)cnc2N2CCC(n3cccn3)C2)ccn1. The number of hydrogen-bond donors (Lipinski definition) is 2. The van der Waals surface area contributed by atoms with Crippen LogP contribution < -0.4 is 15.4 Å². The molecule has 3 N–H and O–H groups in total. The third kappa shape index (κ3) is 4.62. The lowest BCUT2D eigenvalue weighted by Crippen LogP contribution is -2.26. The number of carbonyl (C=O) groups excluding carboxylic acids is 1. The molecule has 2 atom stereocenters. The fourth-order valence-electron chi connectivity index (χ4n) is 3.47. The predicted octanol–water partition coefficient (Wildman–Crippen LogP) is 2.38. The van der Waals surface area contributed by atoms with Crippen molar-refractivity contribution in [1.29, 1.82) is 0 Å². The summed E-state index contributed by atoms with van der Waals surface area (Å²) in [5.74, 6) is -0.650. The third-order valence-electron chi connectivity index (χ3n) is 5.00. The van der Waals surface area contributed by atoms with Crippen molar-refractivity contribution in [2.75, 3.05) is 23.3 Å². The second-order valence-electron chi connectivity index (χ2n) is 7.10. The van der Waals surface area contributed by atoms with Crippen molar-refractivity contribution in [2.24, 2.45) is 5.14 Å². The van der Waals surface area contributed by atoms with E-state index in [-0.39, 0.29) is 28.1 Å². The molecule has 168 valence electrons. The topological polar surface area (TPSA) is 119 Å². The molecule has 4 rings (SSSR count). The maximum atomic E-state index is 13.3. The van der Waals surface area contributed by atoms with Gasteiger partial charge >= 0.3 is 6.18 Å². The largest absolute Gasteiger partial charge is 0.417 e. The molecule has 0 aromatic carbocycles. The minimum absolute atomic E-state index is 0.00675. The highest BCUT2D eigenvalue weighted by Gasteiger charge is 2.34. The highest BCUT2D eigenvalue weighted by Crippen LogP contribution is 2.34. The molecule has 0 aliphatic carbocycles. The summed E-state index contributed by atoms with van der Waals surface area (Å²) < 4.78 is 53.1. The number of alkyl halides is 3. The Hall–Kier alpha value is -3.32. The summed E-state index contributed by atoms with van der Waals surface area (Å²) in [6.45, 7) is 0.931. The van der Waals surface area contributed by atoms with E-state index in [9.17, 15) is 22.2 Å². The minimum Gasteiger partial charge on any atom is -0.354 e. The van der Waals surface area contributed by atoms with Crippen LogP contribution in [0.25, 0.3) is 0 Å². The molecule has 1 amide bonds. The molecule has 32 heavy (non-hydrogen) atoms. The van der Waals surface area contributed by atoms with Crippen molar-refractivity contribution in [3.63, 3.8) is 0 Å². The van der Waals surface area contributed by atoms with Crippen LogP contribution in [0.15, 0.2) is 54.1 Å². The Morgan fingerprint density at radius 3 is 2.75 bits per heavy atom. The second kappa shape index (κ2) is 8.67. The number of aromatic nitrogens is 4. The highest BCUT2D eigenvalue weighted by molar-refractivity contribution is 7.82. The van der Waals surface area contributed by atoms with Gasteiger partial charge in [-0.25, -0.2) is 19.3 Å². The van der Waals surface area contributed by atoms with Crippen molar-refractivity contribution in [2.45, 2.75) is 23.7 Å². The Labute approximate surface area is 183 Å². The summed E-state index contributed by atoms with van der Waals surface area (Å²) in [5.41, 5.74) is -1.07. The first-order valence-corrected chi connectivity index (χ1v) is 10.7. The summed E-state index contributed by atoms with van der Waals surface area (Å²) in [7, 11) is -1.88. The molecular weight excluding hydrogens is 447 g/mol. The zero-order valence-electron chi connectivity index (χ0n) is 16.5. The van der Waals surface area contributed by atoms with Crippen LogP contribution in [0.5, 0.6) is 0 Å². The van der Waals surface area contributed by atoms with E-state index in [1.807, 2.05) is 6.20 Å². The van der Waals surface area contributed by atoms with Gasteiger partial charge in [-0.2, -0.15) is 18.3 Å². The van der Waals surface area contributed by atoms with Crippen LogP contribution in [-0.4, -0.2) is 43.0 Å². The number of hydrogen-bond acceptors (Lipinski definition) is 6. The molecule has 1 aliphatic heterocycles. The lowest BCUT2D eigenvalue weighted by Gasteiger charge is -2.21. The van der Waals surface area contributed by atoms with Crippen LogP contribution in [0, 0.1) is 0 Å². The molecule has 1 fully saturated rings. The van der Waals surface area contributed by atoms with Gasteiger partial charge in [-0.3, -0.25) is 9.48 Å². The third-order valence-corrected chi connectivity index (χ3v) is 5.63. The molecule has 0 radical (unpaired) electrons. The maximum Gasteiger partial charge on any atom is 0.417 e. The summed E-state index contributed by atoms with van der Waals surface area (Å²) in [4.78, 5) is 22.5. The Bertz CT molecular complexity index is 1150. The second-order valence-corrected chi connectivity index (χ2v) is 8.11. The quantitative estimate of drug-likeness (QED) is 0.597. The van der Waals surface area contributed by atoms with Crippen molar-refractivity contribution >= 4 is 28.4 Å². The zero-order valence-corrected chi connectivity index (χ0v) is 17.3. The molecule has 1 aliphatic rings. The molecular formula is C19H18F3N7O2S. The van der Waals surface area contributed by atoms with Crippen LogP contribution in [0.2, 0.25) is 0 Å². The Kier molecular flexibility index (Phi) is 5.93. The van der Waals surface area contributed by atoms with E-state index >= 15 is 0 Å². The van der Waals surface area contributed by atoms with Gasteiger partial charge in [-0.15, -0.1) is 0 Å². The number of carbonyl (C=O) groups is 1. The molecule has 3 aromatic heterocycles. The number of amides is 1. The zero-order chi connectivity index (χ0) is 22.9. The molecule has 0 spiro atoms. The Morgan fingerprint density at radius 1 is 1.25 bits per heavy atom. The van der Waals surface area contributed by atoms with Gasteiger partial charge in [0.25, 0.3) is 5.91 Å². The maximum absolute atomic E-state index is 13.3. The lowest BCUT2D eigenvalue weighted by molar-refractivity contribution is -0.137. The Balaban J connectivity index is 1.65. The van der Waals surface area contributed by atoms with E-state index < -0.39 is 28.6 Å². The summed E-state index contributed by atoms with van der Waals surface area (Å²) in [6, 6.07) is 5.28. The number of anilines is 2. The molecule has 1 saturated heterocycles. The molecule has 0 bridgehead atoms. The Morgan fingerprint density at radius 2 is 2.06 bits per heavy atom. The molecule has 9 nitrogen and oxygen atoms in total. The highest BCUT2D eigenvalue weighted by atomic mass is 32.2. The monoisotopic (exact) mass is 465 g/mol. The minimum atomic E-state index is -4.66. The fourth-order valence-corrected chi connectivity index (χ4v) is 3.88. The van der Waals surface area contributed by atoms with Gasteiger partial charge in [0.05, 0.1) is 17.2 Å². The first-order valence-electron chi connectivity index (χ1n) is 9.47. The summed E-state index contributed by atoms with van der Waals surface area (Å²) >= 11 is 0. The van der Waals surface area contributed by atoms with Crippen LogP contribution >= 0.6 is 0 Å². The van der Waals surface area contributed by atoms with E-state index in [4.69, 9.17) is 5.14 Å². The van der Waals surface area contributed by atoms with Gasteiger partial charge in [-0.05, 0) is 30.7 Å². The van der Waals surface area contributed by atoms with E-state index in [1.54, 1.807) is 21.8 Å². The van der Waals surface area contributed by atoms with Crippen molar-refractivity contribution in [1.82, 2.24) is 19.7 Å². The normalized spacial score (nSPS) is 17.4. The fraction of sp³-hybridized carbons (Fsp3) is 0.263. The van der Waals surface area contributed by atoms with Crippen molar-refractivity contribution < 1.29 is 22.2 Å². The average molecular weight is 465 g/mol. The number of nitrogens with zero attached hydrogens (tertiary/aromatic N) is 5. The van der Waals surface area contributed by atoms with Crippen LogP contribution in [-0.2, 0) is 17.2 Å². The van der Waals surface area contributed by atoms with Gasteiger partial charge < -0.3 is 10.2 Å². The first kappa shape index (κ1) is 21.9. The molecule has 2 unspecified atom stereocenters. The first-order chi connectivity index (χ1) is 15.2. The van der Waals surface area contributed by atoms with Gasteiger partial charge in [0.1, 0.15) is 21.8 Å². The lowest BCUT2D eigenvalue weighted by atomic mass is 10.1. The van der Waals surface area contributed by atoms with Gasteiger partial charge in [0.15, 0.2) is 0 Å². The smallest absolute Gasteiger partial charge is 0.354 e. The van der Waals surface area contributed by atoms with Crippen LogP contribution in [0.3, 0.4) is 0 Å². The van der Waals surface area contributed by atoms with Gasteiger partial charge in [-0.1, -0.05) is 0 Å². The van der Waals surface area contributed by atoms with Gasteiger partial charge in [0, 0.05) is 43.6 Å². The van der Waals surface area contributed by atoms with E-state index in [0.29, 0.717) is 19.5 Å². The number of nitrogens with one attached hydrogen (secondary N) is 1. The van der Waals surface area contributed by atoms with Gasteiger partial charge in [0.2, 0.25) is 0 Å². The van der Waals surface area contributed by atoms with E-state index in [1.165, 1.54) is 18.3 Å². The number of nitrogens with two attached hydrogens (primary N) is 1. The van der Waals surface area contributed by atoms with E-state index in [2.05, 4.69) is 20.4 Å². The van der Waals surface area contributed by atoms with Crippen molar-refractivity contribution in [3.8, 4) is 0 Å². The number of rotatable bonds is 5. The van der Waals surface area contributed by atoms with Crippen molar-refractivity contribution in [3.05, 3.63) is 60.2 Å². The predicted molar refractivity (Wildman–Crippen MR) is 110 cm³/mol. The molecule has 4 heterocycles. The average Bonchev–Trinajstić information content (AvgIpc) is 3.45. The molecule has 3 aromatic rings. The number of pyridine rings is 2.